The minimum atomic E-state index is 0.866. The maximum Gasteiger partial charge on any atom is 0.0359 e. The van der Waals surface area contributed by atoms with Crippen LogP contribution in [0, 0.1) is 0 Å². The molecule has 0 bridgehead atoms. The summed E-state index contributed by atoms with van der Waals surface area (Å²) < 4.78 is 0. The summed E-state index contributed by atoms with van der Waals surface area (Å²) in [4.78, 5) is 2.44. The first kappa shape index (κ1) is 14.0. The van der Waals surface area contributed by atoms with Crippen LogP contribution in [0.3, 0.4) is 0 Å². The van der Waals surface area contributed by atoms with Crippen LogP contribution in [0.4, 0.5) is 5.69 Å². The van der Waals surface area contributed by atoms with Crippen LogP contribution in [0.2, 0.25) is 0 Å². The van der Waals surface area contributed by atoms with Crippen molar-refractivity contribution in [1.82, 2.24) is 10.2 Å². The van der Waals surface area contributed by atoms with Gasteiger partial charge < -0.3 is 16.0 Å². The first-order chi connectivity index (χ1) is 8.27. The summed E-state index contributed by atoms with van der Waals surface area (Å²) in [6, 6.07) is 8.03. The monoisotopic (exact) mass is 235 g/mol. The Labute approximate surface area is 105 Å². The number of nitrogen functional groups attached to an aromatic ring is 1. The van der Waals surface area contributed by atoms with E-state index in [1.165, 1.54) is 18.5 Å². The quantitative estimate of drug-likeness (QED) is 0.535. The number of rotatable bonds is 8. The molecule has 0 fully saturated rings. The molecule has 0 saturated carbocycles. The van der Waals surface area contributed by atoms with Gasteiger partial charge in [-0.2, -0.15) is 0 Å². The normalized spacial score (nSPS) is 11.0. The van der Waals surface area contributed by atoms with E-state index < -0.39 is 0 Å². The predicted octanol–water partition coefficient (Wildman–Crippen LogP) is 2.09. The van der Waals surface area contributed by atoms with Gasteiger partial charge in [0.05, 0.1) is 0 Å². The molecule has 0 spiro atoms. The van der Waals surface area contributed by atoms with E-state index >= 15 is 0 Å². The van der Waals surface area contributed by atoms with Crippen LogP contribution in [0.25, 0.3) is 0 Å². The number of nitrogens with two attached hydrogens (primary N) is 1. The van der Waals surface area contributed by atoms with Crippen molar-refractivity contribution in [3.63, 3.8) is 0 Å². The molecule has 96 valence electrons. The number of hydrogen-bond donors (Lipinski definition) is 2. The summed E-state index contributed by atoms with van der Waals surface area (Å²) in [7, 11) is 0. The van der Waals surface area contributed by atoms with Crippen molar-refractivity contribution in [3.05, 3.63) is 29.8 Å². The van der Waals surface area contributed by atoms with Crippen molar-refractivity contribution >= 4 is 5.69 Å². The molecule has 17 heavy (non-hydrogen) atoms. The molecule has 3 nitrogen and oxygen atoms in total. The Hall–Kier alpha value is -1.06. The third-order valence-corrected chi connectivity index (χ3v) is 3.09. The molecule has 0 aliphatic heterocycles. The highest BCUT2D eigenvalue weighted by Crippen LogP contribution is 2.09. The van der Waals surface area contributed by atoms with Gasteiger partial charge in [0.2, 0.25) is 0 Å². The Morgan fingerprint density at radius 3 is 2.53 bits per heavy atom. The summed E-state index contributed by atoms with van der Waals surface area (Å²) in [5.41, 5.74) is 7.95. The van der Waals surface area contributed by atoms with Crippen LogP contribution in [-0.4, -0.2) is 31.1 Å². The lowest BCUT2D eigenvalue weighted by atomic mass is 10.2. The summed E-state index contributed by atoms with van der Waals surface area (Å²) in [6.45, 7) is 9.79. The lowest BCUT2D eigenvalue weighted by molar-refractivity contribution is 0.298. The largest absolute Gasteiger partial charge is 0.398 e. The number of nitrogens with zero attached hydrogens (tertiary/aromatic N) is 1. The molecule has 0 unspecified atom stereocenters. The fourth-order valence-corrected chi connectivity index (χ4v) is 1.89. The van der Waals surface area contributed by atoms with Gasteiger partial charge in [0.1, 0.15) is 0 Å². The fraction of sp³-hybridized carbons (Fsp3) is 0.571. The maximum absolute atomic E-state index is 5.88. The second kappa shape index (κ2) is 8.09. The van der Waals surface area contributed by atoms with Gasteiger partial charge in [-0.3, -0.25) is 0 Å². The van der Waals surface area contributed by atoms with E-state index in [1.54, 1.807) is 0 Å². The summed E-state index contributed by atoms with van der Waals surface area (Å²) in [5, 5.41) is 3.44. The van der Waals surface area contributed by atoms with Gasteiger partial charge in [-0.1, -0.05) is 32.0 Å². The molecule has 0 aromatic heterocycles. The van der Waals surface area contributed by atoms with E-state index in [-0.39, 0.29) is 0 Å². The van der Waals surface area contributed by atoms with Gasteiger partial charge in [-0.05, 0) is 44.2 Å². The van der Waals surface area contributed by atoms with Crippen molar-refractivity contribution < 1.29 is 0 Å². The van der Waals surface area contributed by atoms with E-state index in [0.717, 1.165) is 31.9 Å². The Kier molecular flexibility index (Phi) is 6.67. The van der Waals surface area contributed by atoms with Crippen molar-refractivity contribution in [3.8, 4) is 0 Å². The summed E-state index contributed by atoms with van der Waals surface area (Å²) in [5.74, 6) is 0. The second-order valence-corrected chi connectivity index (χ2v) is 4.26. The van der Waals surface area contributed by atoms with Gasteiger partial charge >= 0.3 is 0 Å². The number of anilines is 1. The van der Waals surface area contributed by atoms with Crippen molar-refractivity contribution in [2.75, 3.05) is 31.9 Å². The van der Waals surface area contributed by atoms with Crippen LogP contribution >= 0.6 is 0 Å². The SMILES string of the molecule is CCN(CC)CCCNCc1ccccc1N. The molecule has 0 aliphatic carbocycles. The number of nitrogens with one attached hydrogen (secondary N) is 1. The van der Waals surface area contributed by atoms with Crippen LogP contribution in [0.15, 0.2) is 24.3 Å². The van der Waals surface area contributed by atoms with Gasteiger partial charge in [0, 0.05) is 12.2 Å². The minimum absolute atomic E-state index is 0.866. The zero-order chi connectivity index (χ0) is 12.5. The summed E-state index contributed by atoms with van der Waals surface area (Å²) in [6.07, 6.45) is 1.19. The third-order valence-electron chi connectivity index (χ3n) is 3.09. The topological polar surface area (TPSA) is 41.3 Å². The molecule has 3 N–H and O–H groups in total. The zero-order valence-corrected chi connectivity index (χ0v) is 11.1. The number of hydrogen-bond acceptors (Lipinski definition) is 3. The Balaban J connectivity index is 2.14. The average molecular weight is 235 g/mol. The van der Waals surface area contributed by atoms with Crippen molar-refractivity contribution in [1.29, 1.82) is 0 Å². The van der Waals surface area contributed by atoms with Gasteiger partial charge in [0.25, 0.3) is 0 Å². The van der Waals surface area contributed by atoms with E-state index in [1.807, 2.05) is 18.2 Å². The highest BCUT2D eigenvalue weighted by atomic mass is 15.1. The lowest BCUT2D eigenvalue weighted by Crippen LogP contribution is -2.27. The van der Waals surface area contributed by atoms with Crippen molar-refractivity contribution in [2.45, 2.75) is 26.8 Å². The molecule has 0 heterocycles. The molecule has 0 atom stereocenters. The predicted molar refractivity (Wildman–Crippen MR) is 75.0 cm³/mol. The highest BCUT2D eigenvalue weighted by molar-refractivity contribution is 5.46. The standard InChI is InChI=1S/C14H25N3/c1-3-17(4-2)11-7-10-16-12-13-8-5-6-9-14(13)15/h5-6,8-9,16H,3-4,7,10-12,15H2,1-2H3. The first-order valence-corrected chi connectivity index (χ1v) is 6.54. The van der Waals surface area contributed by atoms with Crippen LogP contribution in [0.5, 0.6) is 0 Å². The molecule has 1 rings (SSSR count). The Morgan fingerprint density at radius 2 is 1.88 bits per heavy atom. The van der Waals surface area contributed by atoms with Crippen LogP contribution in [-0.2, 0) is 6.54 Å². The fourth-order valence-electron chi connectivity index (χ4n) is 1.89. The van der Waals surface area contributed by atoms with Crippen LogP contribution < -0.4 is 11.1 Å². The third kappa shape index (κ3) is 5.20. The molecule has 0 saturated heterocycles. The van der Waals surface area contributed by atoms with Crippen LogP contribution in [0.1, 0.15) is 25.8 Å². The van der Waals surface area contributed by atoms with Gasteiger partial charge in [-0.25, -0.2) is 0 Å². The molecule has 0 amide bonds. The average Bonchev–Trinajstić information content (AvgIpc) is 2.36. The molecule has 3 heteroatoms. The Morgan fingerprint density at radius 1 is 1.18 bits per heavy atom. The molecular formula is C14H25N3. The molecule has 1 aromatic rings. The highest BCUT2D eigenvalue weighted by Gasteiger charge is 1.99. The smallest absolute Gasteiger partial charge is 0.0359 e. The molecule has 0 radical (unpaired) electrons. The summed E-state index contributed by atoms with van der Waals surface area (Å²) >= 11 is 0. The van der Waals surface area contributed by atoms with E-state index in [0.29, 0.717) is 0 Å². The molecular weight excluding hydrogens is 210 g/mol. The maximum atomic E-state index is 5.88. The zero-order valence-electron chi connectivity index (χ0n) is 11.1. The number of para-hydroxylation sites is 1. The van der Waals surface area contributed by atoms with Crippen molar-refractivity contribution in [2.24, 2.45) is 0 Å². The minimum Gasteiger partial charge on any atom is -0.398 e. The van der Waals surface area contributed by atoms with Gasteiger partial charge in [-0.15, -0.1) is 0 Å². The number of benzene rings is 1. The van der Waals surface area contributed by atoms with E-state index in [4.69, 9.17) is 5.73 Å². The lowest BCUT2D eigenvalue weighted by Gasteiger charge is -2.17. The molecule has 0 aliphatic rings. The molecule has 1 aromatic carbocycles. The van der Waals surface area contributed by atoms with Gasteiger partial charge in [0.15, 0.2) is 0 Å². The first-order valence-electron chi connectivity index (χ1n) is 6.54. The Bertz CT molecular complexity index is 308. The van der Waals surface area contributed by atoms with E-state index in [9.17, 15) is 0 Å². The van der Waals surface area contributed by atoms with E-state index in [2.05, 4.69) is 30.1 Å². The second-order valence-electron chi connectivity index (χ2n) is 4.26.